The van der Waals surface area contributed by atoms with Crippen molar-refractivity contribution in [1.82, 2.24) is 0 Å². The Labute approximate surface area is 94.0 Å². The van der Waals surface area contributed by atoms with Crippen LogP contribution >= 0.6 is 0 Å². The van der Waals surface area contributed by atoms with Gasteiger partial charge in [-0.3, -0.25) is 0 Å². The Morgan fingerprint density at radius 1 is 0.812 bits per heavy atom. The van der Waals surface area contributed by atoms with Gasteiger partial charge < -0.3 is 5.11 Å². The van der Waals surface area contributed by atoms with Gasteiger partial charge in [-0.2, -0.15) is 0 Å². The Balaban J connectivity index is 2.55. The molecule has 78 valence electrons. The van der Waals surface area contributed by atoms with Crippen molar-refractivity contribution in [3.05, 3.63) is 54.1 Å². The highest BCUT2D eigenvalue weighted by Crippen LogP contribution is 2.30. The first-order valence-electron chi connectivity index (χ1n) is 5.37. The van der Waals surface area contributed by atoms with Crippen LogP contribution in [0, 0.1) is 6.92 Å². The lowest BCUT2D eigenvalue weighted by Gasteiger charge is -2.06. The first-order chi connectivity index (χ1) is 7.75. The molecule has 1 nitrogen and oxygen atoms in total. The van der Waals surface area contributed by atoms with Gasteiger partial charge >= 0.3 is 0 Å². The van der Waals surface area contributed by atoms with Crippen LogP contribution in [0.25, 0.3) is 21.5 Å². The zero-order chi connectivity index (χ0) is 11.1. The number of hydrogen-bond donors (Lipinski definition) is 1. The molecule has 0 aromatic heterocycles. The normalized spacial score (nSPS) is 11.1. The summed E-state index contributed by atoms with van der Waals surface area (Å²) in [4.78, 5) is 0. The summed E-state index contributed by atoms with van der Waals surface area (Å²) < 4.78 is 0. The van der Waals surface area contributed by atoms with Gasteiger partial charge in [0.05, 0.1) is 0 Å². The zero-order valence-corrected chi connectivity index (χ0v) is 9.07. The van der Waals surface area contributed by atoms with Crippen molar-refractivity contribution >= 4 is 21.5 Å². The summed E-state index contributed by atoms with van der Waals surface area (Å²) in [6, 6.07) is 16.1. The maximum Gasteiger partial charge on any atom is 0.123 e. The maximum atomic E-state index is 9.82. The van der Waals surface area contributed by atoms with Crippen LogP contribution in [0.15, 0.2) is 48.5 Å². The van der Waals surface area contributed by atoms with Crippen LogP contribution in [-0.4, -0.2) is 5.11 Å². The maximum absolute atomic E-state index is 9.82. The minimum Gasteiger partial charge on any atom is -0.507 e. The molecule has 0 heterocycles. The van der Waals surface area contributed by atoms with Gasteiger partial charge in [-0.05, 0) is 46.8 Å². The summed E-state index contributed by atoms with van der Waals surface area (Å²) in [5.74, 6) is 0.350. The van der Waals surface area contributed by atoms with Gasteiger partial charge in [0, 0.05) is 5.39 Å². The topological polar surface area (TPSA) is 20.2 Å². The molecule has 0 aliphatic carbocycles. The van der Waals surface area contributed by atoms with Crippen molar-refractivity contribution in [2.24, 2.45) is 0 Å². The van der Waals surface area contributed by atoms with E-state index in [1.165, 1.54) is 16.3 Å². The fraction of sp³-hybridized carbons (Fsp3) is 0.0667. The van der Waals surface area contributed by atoms with E-state index >= 15 is 0 Å². The number of benzene rings is 3. The van der Waals surface area contributed by atoms with Gasteiger partial charge in [-0.1, -0.05) is 30.3 Å². The quantitative estimate of drug-likeness (QED) is 0.553. The molecular formula is C15H12O. The van der Waals surface area contributed by atoms with Crippen molar-refractivity contribution in [2.45, 2.75) is 6.92 Å². The second-order valence-corrected chi connectivity index (χ2v) is 4.15. The molecule has 0 atom stereocenters. The molecule has 1 N–H and O–H groups in total. The third-order valence-corrected chi connectivity index (χ3v) is 3.07. The van der Waals surface area contributed by atoms with Gasteiger partial charge in [-0.25, -0.2) is 0 Å². The van der Waals surface area contributed by atoms with E-state index in [2.05, 4.69) is 37.3 Å². The molecule has 0 amide bonds. The summed E-state index contributed by atoms with van der Waals surface area (Å²) in [6.07, 6.45) is 0. The van der Waals surface area contributed by atoms with Crippen LogP contribution in [0.2, 0.25) is 0 Å². The summed E-state index contributed by atoms with van der Waals surface area (Å²) in [5, 5.41) is 14.2. The van der Waals surface area contributed by atoms with Crippen molar-refractivity contribution in [3.63, 3.8) is 0 Å². The van der Waals surface area contributed by atoms with E-state index in [4.69, 9.17) is 0 Å². The Morgan fingerprint density at radius 3 is 2.31 bits per heavy atom. The highest BCUT2D eigenvalue weighted by molar-refractivity contribution is 6.01. The zero-order valence-electron chi connectivity index (χ0n) is 9.07. The first-order valence-corrected chi connectivity index (χ1v) is 5.37. The highest BCUT2D eigenvalue weighted by atomic mass is 16.3. The Morgan fingerprint density at radius 2 is 1.50 bits per heavy atom. The molecule has 0 bridgehead atoms. The van der Waals surface area contributed by atoms with Crippen LogP contribution in [0.4, 0.5) is 0 Å². The highest BCUT2D eigenvalue weighted by Gasteiger charge is 2.02. The van der Waals surface area contributed by atoms with Crippen LogP contribution in [-0.2, 0) is 0 Å². The van der Waals surface area contributed by atoms with Crippen molar-refractivity contribution in [1.29, 1.82) is 0 Å². The minimum absolute atomic E-state index is 0.350. The van der Waals surface area contributed by atoms with Crippen molar-refractivity contribution < 1.29 is 5.11 Å². The predicted octanol–water partition coefficient (Wildman–Crippen LogP) is 4.01. The molecule has 1 heteroatoms. The monoisotopic (exact) mass is 208 g/mol. The summed E-state index contributed by atoms with van der Waals surface area (Å²) in [7, 11) is 0. The third kappa shape index (κ3) is 1.25. The van der Waals surface area contributed by atoms with Gasteiger partial charge in [0.1, 0.15) is 5.75 Å². The smallest absolute Gasteiger partial charge is 0.123 e. The van der Waals surface area contributed by atoms with E-state index in [0.29, 0.717) is 5.75 Å². The summed E-state index contributed by atoms with van der Waals surface area (Å²) in [5.41, 5.74) is 1.24. The second kappa shape index (κ2) is 3.24. The van der Waals surface area contributed by atoms with Gasteiger partial charge in [-0.15, -0.1) is 0 Å². The molecule has 0 saturated heterocycles. The number of hydrogen-bond acceptors (Lipinski definition) is 1. The standard InChI is InChI=1S/C15H12O/c1-10-4-2-5-11-8-12-6-3-7-15(16)14(12)9-13(10)11/h2-9,16H,1H3. The van der Waals surface area contributed by atoms with Crippen LogP contribution in [0.3, 0.4) is 0 Å². The molecule has 0 aliphatic heterocycles. The van der Waals surface area contributed by atoms with E-state index in [-0.39, 0.29) is 0 Å². The fourth-order valence-corrected chi connectivity index (χ4v) is 2.19. The average molecular weight is 208 g/mol. The van der Waals surface area contributed by atoms with E-state index in [9.17, 15) is 5.11 Å². The molecule has 0 spiro atoms. The summed E-state index contributed by atoms with van der Waals surface area (Å²) >= 11 is 0. The van der Waals surface area contributed by atoms with Gasteiger partial charge in [0.2, 0.25) is 0 Å². The average Bonchev–Trinajstić information content (AvgIpc) is 2.28. The van der Waals surface area contributed by atoms with E-state index in [1.807, 2.05) is 12.1 Å². The summed E-state index contributed by atoms with van der Waals surface area (Å²) in [6.45, 7) is 2.09. The lowest BCUT2D eigenvalue weighted by molar-refractivity contribution is 0.481. The van der Waals surface area contributed by atoms with Crippen LogP contribution < -0.4 is 0 Å². The van der Waals surface area contributed by atoms with Crippen molar-refractivity contribution in [2.75, 3.05) is 0 Å². The SMILES string of the molecule is Cc1cccc2cc3cccc(O)c3cc12. The number of aromatic hydroxyl groups is 1. The molecule has 3 aromatic rings. The number of phenolic OH excluding ortho intramolecular Hbond substituents is 1. The minimum atomic E-state index is 0.350. The van der Waals surface area contributed by atoms with Crippen molar-refractivity contribution in [3.8, 4) is 5.75 Å². The lowest BCUT2D eigenvalue weighted by atomic mass is 10.00. The Hall–Kier alpha value is -2.02. The number of rotatable bonds is 0. The molecule has 0 aliphatic rings. The fourth-order valence-electron chi connectivity index (χ4n) is 2.19. The van der Waals surface area contributed by atoms with E-state index < -0.39 is 0 Å². The molecule has 16 heavy (non-hydrogen) atoms. The predicted molar refractivity (Wildman–Crippen MR) is 67.9 cm³/mol. The Kier molecular flexibility index (Phi) is 1.87. The van der Waals surface area contributed by atoms with Crippen LogP contribution in [0.5, 0.6) is 5.75 Å². The molecule has 3 aromatic carbocycles. The molecular weight excluding hydrogens is 196 g/mol. The number of phenols is 1. The largest absolute Gasteiger partial charge is 0.507 e. The lowest BCUT2D eigenvalue weighted by Crippen LogP contribution is -1.80. The number of fused-ring (bicyclic) bond motifs is 2. The molecule has 0 unspecified atom stereocenters. The first kappa shape index (κ1) is 9.22. The second-order valence-electron chi connectivity index (χ2n) is 4.15. The molecule has 3 rings (SSSR count). The van der Waals surface area contributed by atoms with Gasteiger partial charge in [0.15, 0.2) is 0 Å². The van der Waals surface area contributed by atoms with Gasteiger partial charge in [0.25, 0.3) is 0 Å². The van der Waals surface area contributed by atoms with E-state index in [0.717, 1.165) is 10.8 Å². The third-order valence-electron chi connectivity index (χ3n) is 3.07. The molecule has 0 saturated carbocycles. The molecule has 0 fully saturated rings. The number of aryl methyl sites for hydroxylation is 1. The molecule has 0 radical (unpaired) electrons. The van der Waals surface area contributed by atoms with Crippen LogP contribution in [0.1, 0.15) is 5.56 Å². The Bertz CT molecular complexity index is 626. The van der Waals surface area contributed by atoms with E-state index in [1.54, 1.807) is 6.07 Å².